The van der Waals surface area contributed by atoms with Crippen LogP contribution in [0.4, 0.5) is 0 Å². The Bertz CT molecular complexity index is 600. The molecule has 3 rings (SSSR count). The Morgan fingerprint density at radius 2 is 1.75 bits per heavy atom. The van der Waals surface area contributed by atoms with Crippen LogP contribution in [0.5, 0.6) is 0 Å². The highest BCUT2D eigenvalue weighted by atomic mass is 32.2. The molecule has 1 aromatic rings. The van der Waals surface area contributed by atoms with E-state index in [1.807, 2.05) is 0 Å². The van der Waals surface area contributed by atoms with E-state index in [4.69, 9.17) is 5.11 Å². The Morgan fingerprint density at radius 1 is 1.20 bits per heavy atom. The van der Waals surface area contributed by atoms with E-state index < -0.39 is 16.0 Å². The molecule has 0 amide bonds. The Kier molecular flexibility index (Phi) is 3.60. The van der Waals surface area contributed by atoms with Gasteiger partial charge in [-0.25, -0.2) is 13.2 Å². The number of thiophene rings is 1. The van der Waals surface area contributed by atoms with Crippen molar-refractivity contribution in [3.05, 3.63) is 17.0 Å². The summed E-state index contributed by atoms with van der Waals surface area (Å²) in [6.07, 6.45) is 4.39. The largest absolute Gasteiger partial charge is 0.477 e. The number of carbonyl (C=O) groups is 1. The lowest BCUT2D eigenvalue weighted by molar-refractivity contribution is 0.0702. The van der Waals surface area contributed by atoms with Gasteiger partial charge in [0.1, 0.15) is 9.09 Å². The molecule has 0 atom stereocenters. The summed E-state index contributed by atoms with van der Waals surface area (Å²) in [7, 11) is -3.54. The topological polar surface area (TPSA) is 74.7 Å². The van der Waals surface area contributed by atoms with Gasteiger partial charge in [-0.2, -0.15) is 4.31 Å². The molecule has 110 valence electrons. The van der Waals surface area contributed by atoms with E-state index in [0.717, 1.165) is 37.0 Å². The quantitative estimate of drug-likeness (QED) is 0.837. The van der Waals surface area contributed by atoms with Crippen molar-refractivity contribution in [2.45, 2.75) is 29.9 Å². The Labute approximate surface area is 122 Å². The minimum Gasteiger partial charge on any atom is -0.477 e. The van der Waals surface area contributed by atoms with Gasteiger partial charge in [0, 0.05) is 13.1 Å². The first kappa shape index (κ1) is 14.0. The standard InChI is InChI=1S/C13H17NO4S2/c15-13(16)11-5-6-12(19-11)20(17,18)14(7-9-1-2-9)8-10-3-4-10/h5-6,9-10H,1-4,7-8H2,(H,15,16). The van der Waals surface area contributed by atoms with Crippen LogP contribution in [0.25, 0.3) is 0 Å². The Morgan fingerprint density at radius 3 is 2.15 bits per heavy atom. The van der Waals surface area contributed by atoms with E-state index in [1.54, 1.807) is 4.31 Å². The lowest BCUT2D eigenvalue weighted by Crippen LogP contribution is -2.34. The second-order valence-corrected chi connectivity index (χ2v) is 8.88. The fraction of sp³-hybridized carbons (Fsp3) is 0.615. The normalized spacial score (nSPS) is 19.4. The van der Waals surface area contributed by atoms with Crippen LogP contribution in [0.3, 0.4) is 0 Å². The lowest BCUT2D eigenvalue weighted by atomic mass is 10.4. The number of aromatic carboxylic acids is 1. The summed E-state index contributed by atoms with van der Waals surface area (Å²) in [4.78, 5) is 11.0. The molecule has 20 heavy (non-hydrogen) atoms. The van der Waals surface area contributed by atoms with Crippen molar-refractivity contribution < 1.29 is 18.3 Å². The average molecular weight is 315 g/mol. The molecule has 2 aliphatic carbocycles. The third kappa shape index (κ3) is 3.05. The van der Waals surface area contributed by atoms with Gasteiger partial charge in [0.05, 0.1) is 0 Å². The van der Waals surface area contributed by atoms with Crippen molar-refractivity contribution in [3.63, 3.8) is 0 Å². The summed E-state index contributed by atoms with van der Waals surface area (Å²) in [6, 6.07) is 2.78. The maximum Gasteiger partial charge on any atom is 0.345 e. The number of rotatable bonds is 7. The summed E-state index contributed by atoms with van der Waals surface area (Å²) >= 11 is 0.842. The maximum atomic E-state index is 12.6. The number of carboxylic acid groups (broad SMARTS) is 1. The molecule has 0 bridgehead atoms. The second kappa shape index (κ2) is 5.13. The molecule has 1 aromatic heterocycles. The number of carboxylic acids is 1. The molecule has 1 heterocycles. The van der Waals surface area contributed by atoms with Crippen molar-refractivity contribution in [2.75, 3.05) is 13.1 Å². The molecular formula is C13H17NO4S2. The van der Waals surface area contributed by atoms with E-state index >= 15 is 0 Å². The van der Waals surface area contributed by atoms with Gasteiger partial charge in [-0.15, -0.1) is 11.3 Å². The van der Waals surface area contributed by atoms with Crippen molar-refractivity contribution in [1.29, 1.82) is 0 Å². The van der Waals surface area contributed by atoms with Gasteiger partial charge < -0.3 is 5.11 Å². The molecule has 0 unspecified atom stereocenters. The summed E-state index contributed by atoms with van der Waals surface area (Å²) in [6.45, 7) is 1.16. The Balaban J connectivity index is 1.82. The van der Waals surface area contributed by atoms with Gasteiger partial charge in [-0.1, -0.05) is 0 Å². The monoisotopic (exact) mass is 315 g/mol. The predicted molar refractivity (Wildman–Crippen MR) is 75.5 cm³/mol. The first-order chi connectivity index (χ1) is 9.46. The third-order valence-electron chi connectivity index (χ3n) is 3.70. The molecule has 2 aliphatic rings. The van der Waals surface area contributed by atoms with Crippen LogP contribution in [0.1, 0.15) is 35.4 Å². The number of hydrogen-bond acceptors (Lipinski definition) is 4. The van der Waals surface area contributed by atoms with Crippen molar-refractivity contribution >= 4 is 27.3 Å². The minimum atomic E-state index is -3.54. The molecule has 0 spiro atoms. The minimum absolute atomic E-state index is 0.0707. The molecule has 2 saturated carbocycles. The zero-order valence-electron chi connectivity index (χ0n) is 11.0. The zero-order valence-corrected chi connectivity index (χ0v) is 12.6. The van der Waals surface area contributed by atoms with Crippen LogP contribution in [0.2, 0.25) is 0 Å². The molecule has 2 fully saturated rings. The van der Waals surface area contributed by atoms with Gasteiger partial charge in [-0.3, -0.25) is 0 Å². The molecule has 1 N–H and O–H groups in total. The van der Waals surface area contributed by atoms with Gasteiger partial charge in [-0.05, 0) is 49.7 Å². The average Bonchev–Trinajstić information content (AvgIpc) is 3.30. The number of hydrogen-bond donors (Lipinski definition) is 1. The SMILES string of the molecule is O=C(O)c1ccc(S(=O)(=O)N(CC2CC2)CC2CC2)s1. The van der Waals surface area contributed by atoms with Gasteiger partial charge >= 0.3 is 5.97 Å². The van der Waals surface area contributed by atoms with Crippen LogP contribution < -0.4 is 0 Å². The molecule has 0 radical (unpaired) electrons. The molecule has 0 aliphatic heterocycles. The van der Waals surface area contributed by atoms with E-state index in [0.29, 0.717) is 24.9 Å². The molecule has 0 saturated heterocycles. The number of sulfonamides is 1. The van der Waals surface area contributed by atoms with Crippen molar-refractivity contribution in [3.8, 4) is 0 Å². The van der Waals surface area contributed by atoms with Crippen LogP contribution >= 0.6 is 11.3 Å². The van der Waals surface area contributed by atoms with Gasteiger partial charge in [0.25, 0.3) is 10.0 Å². The summed E-state index contributed by atoms with van der Waals surface area (Å²) in [5, 5.41) is 8.92. The third-order valence-corrected chi connectivity index (χ3v) is 7.08. The van der Waals surface area contributed by atoms with Gasteiger partial charge in [0.2, 0.25) is 0 Å². The first-order valence-electron chi connectivity index (χ1n) is 6.80. The zero-order chi connectivity index (χ0) is 14.3. The highest BCUT2D eigenvalue weighted by Crippen LogP contribution is 2.36. The van der Waals surface area contributed by atoms with Crippen LogP contribution in [0.15, 0.2) is 16.3 Å². The highest BCUT2D eigenvalue weighted by molar-refractivity contribution is 7.91. The fourth-order valence-electron chi connectivity index (χ4n) is 2.15. The van der Waals surface area contributed by atoms with E-state index in [1.165, 1.54) is 12.1 Å². The first-order valence-corrected chi connectivity index (χ1v) is 9.06. The number of nitrogens with zero attached hydrogens (tertiary/aromatic N) is 1. The van der Waals surface area contributed by atoms with E-state index in [-0.39, 0.29) is 9.09 Å². The van der Waals surface area contributed by atoms with Crippen LogP contribution in [-0.4, -0.2) is 36.9 Å². The molecule has 5 nitrogen and oxygen atoms in total. The Hall–Kier alpha value is -0.920. The van der Waals surface area contributed by atoms with E-state index in [2.05, 4.69) is 0 Å². The summed E-state index contributed by atoms with van der Waals surface area (Å²) in [5.74, 6) is -0.0998. The van der Waals surface area contributed by atoms with Crippen LogP contribution in [-0.2, 0) is 10.0 Å². The van der Waals surface area contributed by atoms with Crippen LogP contribution in [0, 0.1) is 11.8 Å². The predicted octanol–water partition coefficient (Wildman–Crippen LogP) is 2.26. The maximum absolute atomic E-state index is 12.6. The summed E-state index contributed by atoms with van der Waals surface area (Å²) < 4.78 is 27.0. The van der Waals surface area contributed by atoms with E-state index in [9.17, 15) is 13.2 Å². The molecular weight excluding hydrogens is 298 g/mol. The highest BCUT2D eigenvalue weighted by Gasteiger charge is 2.36. The fourth-order valence-corrected chi connectivity index (χ4v) is 5.04. The van der Waals surface area contributed by atoms with Crippen molar-refractivity contribution in [1.82, 2.24) is 4.31 Å². The summed E-state index contributed by atoms with van der Waals surface area (Å²) in [5.41, 5.74) is 0. The lowest BCUT2D eigenvalue weighted by Gasteiger charge is -2.21. The van der Waals surface area contributed by atoms with Crippen molar-refractivity contribution in [2.24, 2.45) is 11.8 Å². The second-order valence-electron chi connectivity index (χ2n) is 5.63. The molecule has 7 heteroatoms. The molecule has 0 aromatic carbocycles. The van der Waals surface area contributed by atoms with Gasteiger partial charge in [0.15, 0.2) is 0 Å². The smallest absolute Gasteiger partial charge is 0.345 e.